The Morgan fingerprint density at radius 1 is 1.38 bits per heavy atom. The number of carbonyl (C=O) groups is 1. The molecule has 1 aromatic heterocycles. The van der Waals surface area contributed by atoms with Crippen molar-refractivity contribution < 1.29 is 22.7 Å². The van der Waals surface area contributed by atoms with Crippen LogP contribution in [0, 0.1) is 5.92 Å². The Morgan fingerprint density at radius 3 is 2.57 bits per heavy atom. The molecule has 2 rings (SSSR count). The van der Waals surface area contributed by atoms with Crippen molar-refractivity contribution in [2.24, 2.45) is 5.92 Å². The number of aromatic nitrogens is 2. The lowest BCUT2D eigenvalue weighted by atomic mass is 10.0. The predicted molar refractivity (Wildman–Crippen MR) is 70.3 cm³/mol. The minimum Gasteiger partial charge on any atom is -0.381 e. The molecule has 1 aliphatic rings. The van der Waals surface area contributed by atoms with Crippen LogP contribution < -0.4 is 0 Å². The summed E-state index contributed by atoms with van der Waals surface area (Å²) < 4.78 is 45.2. The predicted octanol–water partition coefficient (Wildman–Crippen LogP) is 2.79. The summed E-state index contributed by atoms with van der Waals surface area (Å²) in [5, 5.41) is 4.24. The molecule has 0 radical (unpaired) electrons. The van der Waals surface area contributed by atoms with Gasteiger partial charge in [0.1, 0.15) is 0 Å². The van der Waals surface area contributed by atoms with Gasteiger partial charge in [-0.05, 0) is 19.3 Å². The molecule has 1 unspecified atom stereocenters. The van der Waals surface area contributed by atoms with Gasteiger partial charge >= 0.3 is 6.18 Å². The largest absolute Gasteiger partial charge is 0.455 e. The molecule has 118 valence electrons. The Balaban J connectivity index is 2.38. The van der Waals surface area contributed by atoms with Gasteiger partial charge in [-0.3, -0.25) is 9.48 Å². The molecule has 7 heteroatoms. The molecule has 1 saturated heterocycles. The standard InChI is InChI=1S/C14H19F3N2O2/c1-3-10-12(13(20)14(15,16)17)11(4-2)19(18-10)7-9-5-6-21-8-9/h9H,3-8H2,1-2H3. The molecule has 0 aliphatic carbocycles. The summed E-state index contributed by atoms with van der Waals surface area (Å²) in [5.74, 6) is -1.54. The van der Waals surface area contributed by atoms with E-state index >= 15 is 0 Å². The molecule has 0 amide bonds. The number of alkyl halides is 3. The van der Waals surface area contributed by atoms with Gasteiger partial charge in [-0.2, -0.15) is 18.3 Å². The summed E-state index contributed by atoms with van der Waals surface area (Å²) in [7, 11) is 0. The van der Waals surface area contributed by atoms with Crippen molar-refractivity contribution in [1.82, 2.24) is 9.78 Å². The number of aryl methyl sites for hydroxylation is 1. The van der Waals surface area contributed by atoms with Crippen LogP contribution in [-0.4, -0.2) is 35.0 Å². The Hall–Kier alpha value is -1.37. The summed E-state index contributed by atoms with van der Waals surface area (Å²) in [4.78, 5) is 11.7. The molecule has 0 aromatic carbocycles. The van der Waals surface area contributed by atoms with Crippen molar-refractivity contribution in [2.45, 2.75) is 45.8 Å². The normalized spacial score (nSPS) is 19.2. The Labute approximate surface area is 121 Å². The van der Waals surface area contributed by atoms with E-state index in [1.165, 1.54) is 0 Å². The van der Waals surface area contributed by atoms with Crippen LogP contribution in [0.2, 0.25) is 0 Å². The Kier molecular flexibility index (Phi) is 4.70. The van der Waals surface area contributed by atoms with Crippen LogP contribution in [-0.2, 0) is 24.1 Å². The van der Waals surface area contributed by atoms with E-state index in [1.54, 1.807) is 18.5 Å². The fourth-order valence-corrected chi connectivity index (χ4v) is 2.69. The van der Waals surface area contributed by atoms with E-state index in [0.717, 1.165) is 6.42 Å². The van der Waals surface area contributed by atoms with E-state index in [-0.39, 0.29) is 17.2 Å². The highest BCUT2D eigenvalue weighted by atomic mass is 19.4. The molecule has 1 aromatic rings. The van der Waals surface area contributed by atoms with Crippen LogP contribution in [0.25, 0.3) is 0 Å². The number of rotatable bonds is 5. The van der Waals surface area contributed by atoms with Crippen LogP contribution in [0.1, 0.15) is 42.0 Å². The molecule has 1 fully saturated rings. The number of carbonyl (C=O) groups excluding carboxylic acids is 1. The third-order valence-electron chi connectivity index (χ3n) is 3.74. The molecule has 0 spiro atoms. The minimum atomic E-state index is -4.86. The summed E-state index contributed by atoms with van der Waals surface area (Å²) in [5.41, 5.74) is 0.348. The Morgan fingerprint density at radius 2 is 2.10 bits per heavy atom. The first kappa shape index (κ1) is 16.0. The van der Waals surface area contributed by atoms with Gasteiger partial charge in [0.05, 0.1) is 17.9 Å². The molecule has 2 heterocycles. The summed E-state index contributed by atoms with van der Waals surface area (Å²) >= 11 is 0. The van der Waals surface area contributed by atoms with E-state index in [4.69, 9.17) is 4.74 Å². The summed E-state index contributed by atoms with van der Waals surface area (Å²) in [6.45, 7) is 5.21. The third-order valence-corrected chi connectivity index (χ3v) is 3.74. The van der Waals surface area contributed by atoms with Gasteiger partial charge in [0.2, 0.25) is 0 Å². The highest BCUT2D eigenvalue weighted by Crippen LogP contribution is 2.28. The van der Waals surface area contributed by atoms with Crippen molar-refractivity contribution in [1.29, 1.82) is 0 Å². The number of hydrogen-bond donors (Lipinski definition) is 0. The number of halogens is 3. The van der Waals surface area contributed by atoms with Crippen LogP contribution in [0.15, 0.2) is 0 Å². The maximum absolute atomic E-state index is 12.8. The van der Waals surface area contributed by atoms with Crippen LogP contribution in [0.4, 0.5) is 13.2 Å². The molecule has 1 aliphatic heterocycles. The lowest BCUT2D eigenvalue weighted by Crippen LogP contribution is -2.25. The van der Waals surface area contributed by atoms with Crippen molar-refractivity contribution >= 4 is 5.78 Å². The highest BCUT2D eigenvalue weighted by Gasteiger charge is 2.43. The monoisotopic (exact) mass is 304 g/mol. The van der Waals surface area contributed by atoms with E-state index in [2.05, 4.69) is 5.10 Å². The second-order valence-electron chi connectivity index (χ2n) is 5.21. The average Bonchev–Trinajstić information content (AvgIpc) is 3.04. The van der Waals surface area contributed by atoms with Gasteiger partial charge in [0.15, 0.2) is 0 Å². The van der Waals surface area contributed by atoms with E-state index in [0.29, 0.717) is 38.3 Å². The van der Waals surface area contributed by atoms with Gasteiger partial charge in [-0.25, -0.2) is 0 Å². The van der Waals surface area contributed by atoms with Gasteiger partial charge in [0, 0.05) is 24.8 Å². The van der Waals surface area contributed by atoms with Crippen LogP contribution in [0.3, 0.4) is 0 Å². The molecule has 4 nitrogen and oxygen atoms in total. The van der Waals surface area contributed by atoms with Crippen molar-refractivity contribution in [3.8, 4) is 0 Å². The molecule has 21 heavy (non-hydrogen) atoms. The third kappa shape index (κ3) is 3.28. The summed E-state index contributed by atoms with van der Waals surface area (Å²) in [6.07, 6.45) is -3.35. The van der Waals surface area contributed by atoms with Crippen LogP contribution in [0.5, 0.6) is 0 Å². The molecule has 0 bridgehead atoms. The first-order valence-corrected chi connectivity index (χ1v) is 7.16. The van der Waals surface area contributed by atoms with Crippen molar-refractivity contribution in [3.63, 3.8) is 0 Å². The minimum absolute atomic E-state index is 0.230. The number of nitrogens with zero attached hydrogens (tertiary/aromatic N) is 2. The fraction of sp³-hybridized carbons (Fsp3) is 0.714. The highest BCUT2D eigenvalue weighted by molar-refractivity contribution is 6.02. The number of ether oxygens (including phenoxy) is 1. The number of hydrogen-bond acceptors (Lipinski definition) is 3. The van der Waals surface area contributed by atoms with Gasteiger partial charge < -0.3 is 4.74 Å². The zero-order valence-corrected chi connectivity index (χ0v) is 12.2. The second kappa shape index (κ2) is 6.17. The second-order valence-corrected chi connectivity index (χ2v) is 5.21. The zero-order chi connectivity index (χ0) is 15.6. The summed E-state index contributed by atoms with van der Waals surface area (Å²) in [6, 6.07) is 0. The smallest absolute Gasteiger partial charge is 0.381 e. The maximum Gasteiger partial charge on any atom is 0.455 e. The first-order valence-electron chi connectivity index (χ1n) is 7.16. The zero-order valence-electron chi connectivity index (χ0n) is 12.2. The molecule has 0 N–H and O–H groups in total. The number of Topliss-reactive ketones (excluding diaryl/α,β-unsaturated/α-hetero) is 1. The lowest BCUT2D eigenvalue weighted by Gasteiger charge is -2.12. The molecule has 1 atom stereocenters. The average molecular weight is 304 g/mol. The van der Waals surface area contributed by atoms with Gasteiger partial charge in [0.25, 0.3) is 5.78 Å². The maximum atomic E-state index is 12.8. The topological polar surface area (TPSA) is 44.1 Å². The molecule has 0 saturated carbocycles. The van der Waals surface area contributed by atoms with E-state index in [9.17, 15) is 18.0 Å². The van der Waals surface area contributed by atoms with E-state index in [1.807, 2.05) is 0 Å². The first-order chi connectivity index (χ1) is 9.88. The fourth-order valence-electron chi connectivity index (χ4n) is 2.69. The molecular weight excluding hydrogens is 285 g/mol. The SMILES string of the molecule is CCc1nn(CC2CCOC2)c(CC)c1C(=O)C(F)(F)F. The Bertz CT molecular complexity index is 517. The van der Waals surface area contributed by atoms with Crippen molar-refractivity contribution in [3.05, 3.63) is 17.0 Å². The van der Waals surface area contributed by atoms with E-state index < -0.39 is 12.0 Å². The number of ketones is 1. The quantitative estimate of drug-likeness (QED) is 0.786. The lowest BCUT2D eigenvalue weighted by molar-refractivity contribution is -0.0886. The van der Waals surface area contributed by atoms with Gasteiger partial charge in [-0.15, -0.1) is 0 Å². The van der Waals surface area contributed by atoms with Gasteiger partial charge in [-0.1, -0.05) is 13.8 Å². The molecular formula is C14H19F3N2O2. The van der Waals surface area contributed by atoms with Crippen LogP contribution >= 0.6 is 0 Å². The van der Waals surface area contributed by atoms with Crippen molar-refractivity contribution in [2.75, 3.05) is 13.2 Å².